The molecular formula is C17H19N3O2. The second-order valence-electron chi connectivity index (χ2n) is 5.73. The number of ether oxygens (including phenoxy) is 1. The van der Waals surface area contributed by atoms with Crippen molar-refractivity contribution in [3.63, 3.8) is 0 Å². The molecule has 0 unspecified atom stereocenters. The van der Waals surface area contributed by atoms with Crippen molar-refractivity contribution in [3.8, 4) is 18.1 Å². The van der Waals surface area contributed by atoms with Gasteiger partial charge in [0.2, 0.25) is 5.91 Å². The monoisotopic (exact) mass is 297 g/mol. The minimum atomic E-state index is -0.383. The van der Waals surface area contributed by atoms with Crippen LogP contribution in [0.4, 0.5) is 0 Å². The van der Waals surface area contributed by atoms with Gasteiger partial charge in [-0.15, -0.1) is 12.3 Å². The van der Waals surface area contributed by atoms with Gasteiger partial charge in [0.15, 0.2) is 5.66 Å². The molecule has 2 aliphatic rings. The summed E-state index contributed by atoms with van der Waals surface area (Å²) in [7, 11) is 1.66. The number of hydrogen-bond acceptors (Lipinski definition) is 4. The van der Waals surface area contributed by atoms with Crippen LogP contribution in [0.15, 0.2) is 28.4 Å². The molecule has 0 spiro atoms. The van der Waals surface area contributed by atoms with Gasteiger partial charge in [-0.1, -0.05) is 12.1 Å². The molecule has 0 bridgehead atoms. The molecule has 3 rings (SSSR count). The summed E-state index contributed by atoms with van der Waals surface area (Å²) in [5.74, 6) is 3.59. The molecule has 1 aromatic rings. The predicted molar refractivity (Wildman–Crippen MR) is 82.1 cm³/mol. The van der Waals surface area contributed by atoms with Crippen LogP contribution < -0.4 is 4.74 Å². The Balaban J connectivity index is 1.56. The minimum Gasteiger partial charge on any atom is -0.496 e. The maximum Gasteiger partial charge on any atom is 0.223 e. The molecule has 0 aromatic heterocycles. The first-order chi connectivity index (χ1) is 10.7. The van der Waals surface area contributed by atoms with Crippen molar-refractivity contribution in [2.24, 2.45) is 10.2 Å². The Labute approximate surface area is 130 Å². The molecule has 0 atom stereocenters. The van der Waals surface area contributed by atoms with Crippen LogP contribution in [0.1, 0.15) is 36.8 Å². The quantitative estimate of drug-likeness (QED) is 0.758. The van der Waals surface area contributed by atoms with Gasteiger partial charge in [0, 0.05) is 44.3 Å². The predicted octanol–water partition coefficient (Wildman–Crippen LogP) is 2.89. The number of rotatable bonds is 6. The van der Waals surface area contributed by atoms with Crippen molar-refractivity contribution in [3.05, 3.63) is 29.3 Å². The zero-order chi connectivity index (χ0) is 15.6. The van der Waals surface area contributed by atoms with E-state index < -0.39 is 0 Å². The van der Waals surface area contributed by atoms with E-state index in [-0.39, 0.29) is 11.6 Å². The maximum absolute atomic E-state index is 12.4. The summed E-state index contributed by atoms with van der Waals surface area (Å²) in [6.45, 7) is 1.26. The summed E-state index contributed by atoms with van der Waals surface area (Å²) in [5, 5.41) is 8.15. The Hall–Kier alpha value is -2.35. The maximum atomic E-state index is 12.4. The van der Waals surface area contributed by atoms with Crippen molar-refractivity contribution in [2.75, 3.05) is 7.11 Å². The lowest BCUT2D eigenvalue weighted by Gasteiger charge is -2.16. The van der Waals surface area contributed by atoms with Crippen molar-refractivity contribution in [1.82, 2.24) is 4.90 Å². The van der Waals surface area contributed by atoms with E-state index in [9.17, 15) is 4.79 Å². The van der Waals surface area contributed by atoms with Crippen LogP contribution in [0, 0.1) is 12.3 Å². The second kappa shape index (κ2) is 5.80. The molecule has 2 aliphatic heterocycles. The SMILES string of the molecule is C#CCCC1(CCC(=O)N2Cc3cccc(OC)c3C2)N=N1. The number of methoxy groups -OCH3 is 1. The molecule has 0 N–H and O–H groups in total. The molecule has 1 aromatic carbocycles. The van der Waals surface area contributed by atoms with Gasteiger partial charge in [-0.2, -0.15) is 10.2 Å². The zero-order valence-corrected chi connectivity index (χ0v) is 12.7. The number of amides is 1. The van der Waals surface area contributed by atoms with E-state index >= 15 is 0 Å². The van der Waals surface area contributed by atoms with E-state index in [1.807, 2.05) is 23.1 Å². The number of fused-ring (bicyclic) bond motifs is 1. The van der Waals surface area contributed by atoms with Gasteiger partial charge in [0.25, 0.3) is 0 Å². The molecule has 1 amide bonds. The molecule has 0 saturated heterocycles. The summed E-state index contributed by atoms with van der Waals surface area (Å²) in [5.41, 5.74) is 1.89. The summed E-state index contributed by atoms with van der Waals surface area (Å²) >= 11 is 0. The summed E-state index contributed by atoms with van der Waals surface area (Å²) in [6.07, 6.45) is 7.76. The zero-order valence-electron chi connectivity index (χ0n) is 12.7. The lowest BCUT2D eigenvalue weighted by Crippen LogP contribution is -2.26. The Morgan fingerprint density at radius 1 is 1.41 bits per heavy atom. The van der Waals surface area contributed by atoms with E-state index in [0.29, 0.717) is 32.4 Å². The third kappa shape index (κ3) is 2.82. The highest BCUT2D eigenvalue weighted by Gasteiger charge is 2.40. The van der Waals surface area contributed by atoms with E-state index in [0.717, 1.165) is 23.3 Å². The molecule has 0 fully saturated rings. The normalized spacial score (nSPS) is 17.0. The van der Waals surface area contributed by atoms with Crippen molar-refractivity contribution in [2.45, 2.75) is 44.4 Å². The number of terminal acetylenes is 1. The van der Waals surface area contributed by atoms with Crippen LogP contribution >= 0.6 is 0 Å². The van der Waals surface area contributed by atoms with E-state index in [2.05, 4.69) is 16.1 Å². The van der Waals surface area contributed by atoms with Crippen LogP contribution in [-0.4, -0.2) is 23.6 Å². The first-order valence-corrected chi connectivity index (χ1v) is 7.47. The highest BCUT2D eigenvalue weighted by Crippen LogP contribution is 2.38. The van der Waals surface area contributed by atoms with Crippen LogP contribution in [-0.2, 0) is 17.9 Å². The fraction of sp³-hybridized carbons (Fsp3) is 0.471. The van der Waals surface area contributed by atoms with Crippen molar-refractivity contribution in [1.29, 1.82) is 0 Å². The highest BCUT2D eigenvalue weighted by atomic mass is 16.5. The third-order valence-electron chi connectivity index (χ3n) is 4.30. The van der Waals surface area contributed by atoms with E-state index in [1.54, 1.807) is 7.11 Å². The topological polar surface area (TPSA) is 54.3 Å². The number of nitrogens with zero attached hydrogens (tertiary/aromatic N) is 3. The molecule has 22 heavy (non-hydrogen) atoms. The van der Waals surface area contributed by atoms with Gasteiger partial charge in [-0.05, 0) is 11.6 Å². The summed E-state index contributed by atoms with van der Waals surface area (Å²) in [4.78, 5) is 14.3. The van der Waals surface area contributed by atoms with Gasteiger partial charge in [-0.25, -0.2) is 0 Å². The average Bonchev–Trinajstić information content (AvgIpc) is 3.18. The fourth-order valence-corrected chi connectivity index (χ4v) is 2.89. The van der Waals surface area contributed by atoms with Gasteiger partial charge >= 0.3 is 0 Å². The number of benzene rings is 1. The van der Waals surface area contributed by atoms with E-state index in [1.165, 1.54) is 0 Å². The standard InChI is InChI=1S/C17H19N3O2/c1-3-4-9-17(18-19-17)10-8-16(21)20-11-13-6-5-7-15(22-2)14(13)12-20/h1,5-7H,4,8-12H2,2H3. The highest BCUT2D eigenvalue weighted by molar-refractivity contribution is 5.77. The van der Waals surface area contributed by atoms with Crippen molar-refractivity contribution >= 4 is 5.91 Å². The first kappa shape index (κ1) is 14.6. The lowest BCUT2D eigenvalue weighted by molar-refractivity contribution is -0.132. The summed E-state index contributed by atoms with van der Waals surface area (Å²) in [6, 6.07) is 5.94. The van der Waals surface area contributed by atoms with Gasteiger partial charge in [0.1, 0.15) is 5.75 Å². The minimum absolute atomic E-state index is 0.135. The van der Waals surface area contributed by atoms with Gasteiger partial charge in [-0.3, -0.25) is 4.79 Å². The van der Waals surface area contributed by atoms with Crippen LogP contribution in [0.3, 0.4) is 0 Å². The Bertz CT molecular complexity index is 654. The smallest absolute Gasteiger partial charge is 0.223 e. The average molecular weight is 297 g/mol. The number of hydrogen-bond donors (Lipinski definition) is 0. The fourth-order valence-electron chi connectivity index (χ4n) is 2.89. The first-order valence-electron chi connectivity index (χ1n) is 7.47. The number of carbonyl (C=O) groups excluding carboxylic acids is 1. The molecule has 5 nitrogen and oxygen atoms in total. The van der Waals surface area contributed by atoms with Crippen LogP contribution in [0.2, 0.25) is 0 Å². The molecule has 114 valence electrons. The van der Waals surface area contributed by atoms with Crippen LogP contribution in [0.5, 0.6) is 5.75 Å². The Morgan fingerprint density at radius 3 is 2.91 bits per heavy atom. The summed E-state index contributed by atoms with van der Waals surface area (Å²) < 4.78 is 5.37. The third-order valence-corrected chi connectivity index (χ3v) is 4.30. The molecule has 5 heteroatoms. The molecule has 0 aliphatic carbocycles. The molecule has 0 radical (unpaired) electrons. The van der Waals surface area contributed by atoms with Crippen molar-refractivity contribution < 1.29 is 9.53 Å². The molecule has 2 heterocycles. The Morgan fingerprint density at radius 2 is 2.23 bits per heavy atom. The van der Waals surface area contributed by atoms with Gasteiger partial charge < -0.3 is 9.64 Å². The Kier molecular flexibility index (Phi) is 3.84. The van der Waals surface area contributed by atoms with Gasteiger partial charge in [0.05, 0.1) is 7.11 Å². The lowest BCUT2D eigenvalue weighted by atomic mass is 10.0. The second-order valence-corrected chi connectivity index (χ2v) is 5.73. The number of carbonyl (C=O) groups is 1. The largest absolute Gasteiger partial charge is 0.496 e. The van der Waals surface area contributed by atoms with Crippen LogP contribution in [0.25, 0.3) is 0 Å². The molecule has 0 saturated carbocycles. The molecular weight excluding hydrogens is 278 g/mol. The van der Waals surface area contributed by atoms with E-state index in [4.69, 9.17) is 11.2 Å².